The van der Waals surface area contributed by atoms with E-state index in [1.165, 1.54) is 11.1 Å². The Morgan fingerprint density at radius 2 is 2.11 bits per heavy atom. The van der Waals surface area contributed by atoms with Gasteiger partial charge in [0.2, 0.25) is 0 Å². The van der Waals surface area contributed by atoms with Gasteiger partial charge in [-0.25, -0.2) is 0 Å². The Balaban J connectivity index is 1.80. The van der Waals surface area contributed by atoms with Crippen molar-refractivity contribution in [2.24, 2.45) is 11.8 Å². The molecule has 2 aliphatic heterocycles. The average Bonchev–Trinajstić information content (AvgIpc) is 2.39. The van der Waals surface area contributed by atoms with E-state index in [9.17, 15) is 5.11 Å². The molecular formula is C17H25NO. The molecule has 0 bridgehead atoms. The Labute approximate surface area is 116 Å². The van der Waals surface area contributed by atoms with Crippen molar-refractivity contribution in [3.05, 3.63) is 35.4 Å². The lowest BCUT2D eigenvalue weighted by atomic mass is 9.79. The standard InChI is InChI=1S/C17H25NO/c1-12(2)9-14-11-18-8-7-13-5-3-4-6-15(13)16(18)10-17(14)19/h3-6,12,14,16-17,19H,7-11H2,1-2H3/t14-,16-,17-/m1/s1. The van der Waals surface area contributed by atoms with Crippen LogP contribution in [0.2, 0.25) is 0 Å². The van der Waals surface area contributed by atoms with Crippen LogP contribution in [0.25, 0.3) is 0 Å². The molecule has 2 heteroatoms. The molecular weight excluding hydrogens is 234 g/mol. The Kier molecular flexibility index (Phi) is 3.64. The van der Waals surface area contributed by atoms with Crippen molar-refractivity contribution in [1.29, 1.82) is 0 Å². The highest BCUT2D eigenvalue weighted by Crippen LogP contribution is 2.39. The Hall–Kier alpha value is -0.860. The van der Waals surface area contributed by atoms with E-state index in [0.29, 0.717) is 17.9 Å². The highest BCUT2D eigenvalue weighted by molar-refractivity contribution is 5.33. The Bertz CT molecular complexity index is 443. The number of hydrogen-bond acceptors (Lipinski definition) is 2. The first kappa shape index (κ1) is 13.1. The molecule has 0 aliphatic carbocycles. The van der Waals surface area contributed by atoms with Gasteiger partial charge in [0, 0.05) is 19.1 Å². The maximum Gasteiger partial charge on any atom is 0.0598 e. The number of nitrogens with zero attached hydrogens (tertiary/aromatic N) is 1. The first-order valence-corrected chi connectivity index (χ1v) is 7.65. The van der Waals surface area contributed by atoms with Crippen molar-refractivity contribution in [2.45, 2.75) is 45.3 Å². The number of rotatable bonds is 2. The van der Waals surface area contributed by atoms with Crippen molar-refractivity contribution in [3.63, 3.8) is 0 Å². The van der Waals surface area contributed by atoms with Gasteiger partial charge in [0.05, 0.1) is 6.10 Å². The van der Waals surface area contributed by atoms with Crippen molar-refractivity contribution in [3.8, 4) is 0 Å². The predicted octanol–water partition coefficient (Wildman–Crippen LogP) is 3.01. The van der Waals surface area contributed by atoms with Crippen LogP contribution >= 0.6 is 0 Å². The fourth-order valence-electron chi connectivity index (χ4n) is 3.88. The van der Waals surface area contributed by atoms with E-state index >= 15 is 0 Å². The van der Waals surface area contributed by atoms with Crippen LogP contribution in [0.3, 0.4) is 0 Å². The molecule has 1 saturated heterocycles. The summed E-state index contributed by atoms with van der Waals surface area (Å²) < 4.78 is 0. The van der Waals surface area contributed by atoms with Gasteiger partial charge in [-0.1, -0.05) is 38.1 Å². The molecule has 104 valence electrons. The molecule has 1 aromatic rings. The third kappa shape index (κ3) is 2.56. The highest BCUT2D eigenvalue weighted by Gasteiger charge is 2.37. The molecule has 0 amide bonds. The maximum atomic E-state index is 10.5. The largest absolute Gasteiger partial charge is 0.393 e. The summed E-state index contributed by atoms with van der Waals surface area (Å²) in [4.78, 5) is 2.60. The van der Waals surface area contributed by atoms with Crippen molar-refractivity contribution in [1.82, 2.24) is 4.90 Å². The molecule has 0 unspecified atom stereocenters. The SMILES string of the molecule is CC(C)C[C@@H]1CN2CCc3ccccc3[C@H]2C[C@H]1O. The fourth-order valence-corrected chi connectivity index (χ4v) is 3.88. The van der Waals surface area contributed by atoms with Gasteiger partial charge in [-0.3, -0.25) is 4.90 Å². The molecule has 1 N–H and O–H groups in total. The minimum Gasteiger partial charge on any atom is -0.393 e. The molecule has 0 aromatic heterocycles. The van der Waals surface area contributed by atoms with Gasteiger partial charge >= 0.3 is 0 Å². The molecule has 0 radical (unpaired) electrons. The van der Waals surface area contributed by atoms with Gasteiger partial charge in [-0.15, -0.1) is 0 Å². The van der Waals surface area contributed by atoms with Gasteiger partial charge in [0.1, 0.15) is 0 Å². The molecule has 19 heavy (non-hydrogen) atoms. The third-order valence-electron chi connectivity index (χ3n) is 4.78. The zero-order valence-electron chi connectivity index (χ0n) is 12.0. The first-order valence-electron chi connectivity index (χ1n) is 7.65. The van der Waals surface area contributed by atoms with Crippen LogP contribution in [-0.4, -0.2) is 29.2 Å². The molecule has 0 spiro atoms. The van der Waals surface area contributed by atoms with Gasteiger partial charge in [0.25, 0.3) is 0 Å². The van der Waals surface area contributed by atoms with E-state index in [0.717, 1.165) is 32.4 Å². The second-order valence-electron chi connectivity index (χ2n) is 6.65. The van der Waals surface area contributed by atoms with Crippen molar-refractivity contribution >= 4 is 0 Å². The zero-order chi connectivity index (χ0) is 13.4. The highest BCUT2D eigenvalue weighted by atomic mass is 16.3. The molecule has 0 saturated carbocycles. The topological polar surface area (TPSA) is 23.5 Å². The molecule has 3 rings (SSSR count). The van der Waals surface area contributed by atoms with Gasteiger partial charge in [-0.2, -0.15) is 0 Å². The summed E-state index contributed by atoms with van der Waals surface area (Å²) in [5.74, 6) is 1.13. The van der Waals surface area contributed by atoms with Gasteiger partial charge in [-0.05, 0) is 42.2 Å². The lowest BCUT2D eigenvalue weighted by molar-refractivity contribution is -0.0190. The van der Waals surface area contributed by atoms with Crippen LogP contribution in [0.5, 0.6) is 0 Å². The number of fused-ring (bicyclic) bond motifs is 3. The summed E-state index contributed by atoms with van der Waals surface area (Å²) in [6.45, 7) is 6.73. The van der Waals surface area contributed by atoms with Crippen molar-refractivity contribution < 1.29 is 5.11 Å². The maximum absolute atomic E-state index is 10.5. The molecule has 1 aromatic carbocycles. The Morgan fingerprint density at radius 3 is 2.89 bits per heavy atom. The van der Waals surface area contributed by atoms with Crippen LogP contribution < -0.4 is 0 Å². The van der Waals surface area contributed by atoms with Crippen LogP contribution in [-0.2, 0) is 6.42 Å². The zero-order valence-corrected chi connectivity index (χ0v) is 12.0. The third-order valence-corrected chi connectivity index (χ3v) is 4.78. The molecule has 2 aliphatic rings. The Morgan fingerprint density at radius 1 is 1.32 bits per heavy atom. The summed E-state index contributed by atoms with van der Waals surface area (Å²) in [5, 5.41) is 10.5. The van der Waals surface area contributed by atoms with E-state index in [2.05, 4.69) is 43.0 Å². The monoisotopic (exact) mass is 259 g/mol. The summed E-state index contributed by atoms with van der Waals surface area (Å²) >= 11 is 0. The lowest BCUT2D eigenvalue weighted by Crippen LogP contribution is -2.48. The van der Waals surface area contributed by atoms with Crippen LogP contribution in [0.15, 0.2) is 24.3 Å². The van der Waals surface area contributed by atoms with Gasteiger partial charge in [0.15, 0.2) is 0 Å². The molecule has 1 fully saturated rings. The van der Waals surface area contributed by atoms with Gasteiger partial charge < -0.3 is 5.11 Å². The summed E-state index contributed by atoms with van der Waals surface area (Å²) in [6, 6.07) is 9.22. The second kappa shape index (κ2) is 5.26. The minimum absolute atomic E-state index is 0.130. The number of benzene rings is 1. The van der Waals surface area contributed by atoms with E-state index in [1.807, 2.05) is 0 Å². The molecule has 2 heterocycles. The smallest absolute Gasteiger partial charge is 0.0598 e. The predicted molar refractivity (Wildman–Crippen MR) is 78.0 cm³/mol. The summed E-state index contributed by atoms with van der Waals surface area (Å²) in [6.07, 6.45) is 3.09. The number of aliphatic hydroxyl groups excluding tert-OH is 1. The number of piperidine rings is 1. The average molecular weight is 259 g/mol. The molecule has 2 nitrogen and oxygen atoms in total. The quantitative estimate of drug-likeness (QED) is 0.882. The molecule has 3 atom stereocenters. The second-order valence-corrected chi connectivity index (χ2v) is 6.65. The first-order chi connectivity index (χ1) is 9.15. The van der Waals surface area contributed by atoms with E-state index in [-0.39, 0.29) is 6.10 Å². The van der Waals surface area contributed by atoms with E-state index in [1.54, 1.807) is 0 Å². The number of aliphatic hydroxyl groups is 1. The van der Waals surface area contributed by atoms with E-state index in [4.69, 9.17) is 0 Å². The van der Waals surface area contributed by atoms with Crippen LogP contribution in [0.1, 0.15) is 43.9 Å². The van der Waals surface area contributed by atoms with Crippen LogP contribution in [0, 0.1) is 11.8 Å². The van der Waals surface area contributed by atoms with Crippen molar-refractivity contribution in [2.75, 3.05) is 13.1 Å². The normalized spacial score (nSPS) is 31.1. The van der Waals surface area contributed by atoms with Crippen LogP contribution in [0.4, 0.5) is 0 Å². The van der Waals surface area contributed by atoms with E-state index < -0.39 is 0 Å². The summed E-state index contributed by atoms with van der Waals surface area (Å²) in [7, 11) is 0. The summed E-state index contributed by atoms with van der Waals surface area (Å²) in [5.41, 5.74) is 2.94. The lowest BCUT2D eigenvalue weighted by Gasteiger charge is -2.46. The fraction of sp³-hybridized carbons (Fsp3) is 0.647. The minimum atomic E-state index is -0.130. The number of hydrogen-bond donors (Lipinski definition) is 1.